The third-order valence-electron chi connectivity index (χ3n) is 3.55. The predicted molar refractivity (Wildman–Crippen MR) is 81.7 cm³/mol. The second-order valence-electron chi connectivity index (χ2n) is 4.83. The summed E-state index contributed by atoms with van der Waals surface area (Å²) in [6.07, 6.45) is 5.19. The van der Waals surface area contributed by atoms with Gasteiger partial charge in [0.05, 0.1) is 31.4 Å². The van der Waals surface area contributed by atoms with Crippen molar-refractivity contribution in [2.45, 2.75) is 0 Å². The van der Waals surface area contributed by atoms with E-state index < -0.39 is 0 Å². The maximum atomic E-state index is 5.62. The molecule has 3 rings (SSSR count). The van der Waals surface area contributed by atoms with Crippen LogP contribution in [0.1, 0.15) is 0 Å². The fourth-order valence-electron chi connectivity index (χ4n) is 2.37. The van der Waals surface area contributed by atoms with Crippen LogP contribution in [0.5, 0.6) is 5.88 Å². The molecule has 0 spiro atoms. The van der Waals surface area contributed by atoms with Crippen LogP contribution in [-0.4, -0.2) is 48.2 Å². The number of nitrogens with two attached hydrogens (primary N) is 1. The Morgan fingerprint density at radius 3 is 2.48 bits per heavy atom. The Kier molecular flexibility index (Phi) is 3.72. The summed E-state index contributed by atoms with van der Waals surface area (Å²) in [5.41, 5.74) is 6.71. The standard InChI is InChI=1S/C14H18N6O/c1-21-14-10-16-9-13(18-14)20-6-4-19(5-7-20)11-2-3-12(15)17-8-11/h2-3,8-10H,4-7H2,1H3,(H2,15,17). The third-order valence-corrected chi connectivity index (χ3v) is 3.55. The van der Waals surface area contributed by atoms with Crippen molar-refractivity contribution in [3.8, 4) is 5.88 Å². The molecule has 2 aromatic heterocycles. The summed E-state index contributed by atoms with van der Waals surface area (Å²) in [6.45, 7) is 3.58. The number of nitrogen functional groups attached to an aromatic ring is 1. The summed E-state index contributed by atoms with van der Waals surface area (Å²) in [5.74, 6) is 1.94. The van der Waals surface area contributed by atoms with Gasteiger partial charge in [-0.15, -0.1) is 0 Å². The molecule has 7 nitrogen and oxygen atoms in total. The second-order valence-corrected chi connectivity index (χ2v) is 4.83. The quantitative estimate of drug-likeness (QED) is 0.893. The van der Waals surface area contributed by atoms with Crippen molar-refractivity contribution in [2.75, 3.05) is 48.8 Å². The van der Waals surface area contributed by atoms with Crippen LogP contribution in [0.2, 0.25) is 0 Å². The van der Waals surface area contributed by atoms with Crippen molar-refractivity contribution in [2.24, 2.45) is 0 Å². The van der Waals surface area contributed by atoms with Crippen LogP contribution in [0.4, 0.5) is 17.3 Å². The van der Waals surface area contributed by atoms with Gasteiger partial charge >= 0.3 is 0 Å². The minimum Gasteiger partial charge on any atom is -0.480 e. The number of ether oxygens (including phenoxy) is 1. The van der Waals surface area contributed by atoms with Crippen molar-refractivity contribution in [1.29, 1.82) is 0 Å². The SMILES string of the molecule is COc1cncc(N2CCN(c3ccc(N)nc3)CC2)n1. The van der Waals surface area contributed by atoms with Crippen molar-refractivity contribution in [3.05, 3.63) is 30.7 Å². The van der Waals surface area contributed by atoms with Gasteiger partial charge in [-0.2, -0.15) is 4.98 Å². The highest BCUT2D eigenvalue weighted by atomic mass is 16.5. The first kappa shape index (κ1) is 13.4. The normalized spacial score (nSPS) is 15.1. The van der Waals surface area contributed by atoms with Gasteiger partial charge in [0.2, 0.25) is 5.88 Å². The van der Waals surface area contributed by atoms with E-state index in [4.69, 9.17) is 10.5 Å². The number of methoxy groups -OCH3 is 1. The first-order valence-corrected chi connectivity index (χ1v) is 6.84. The lowest BCUT2D eigenvalue weighted by molar-refractivity contribution is 0.395. The Morgan fingerprint density at radius 2 is 1.81 bits per heavy atom. The Bertz CT molecular complexity index is 595. The minimum atomic E-state index is 0.540. The predicted octanol–water partition coefficient (Wildman–Crippen LogP) is 0.789. The van der Waals surface area contributed by atoms with Crippen LogP contribution in [0, 0.1) is 0 Å². The fraction of sp³-hybridized carbons (Fsp3) is 0.357. The molecule has 0 aromatic carbocycles. The van der Waals surface area contributed by atoms with Gasteiger partial charge in [-0.1, -0.05) is 0 Å². The maximum Gasteiger partial charge on any atom is 0.233 e. The summed E-state index contributed by atoms with van der Waals surface area (Å²) in [7, 11) is 1.60. The fourth-order valence-corrected chi connectivity index (χ4v) is 2.37. The number of anilines is 3. The number of pyridine rings is 1. The van der Waals surface area contributed by atoms with Gasteiger partial charge in [0, 0.05) is 26.2 Å². The highest BCUT2D eigenvalue weighted by Gasteiger charge is 2.19. The molecule has 110 valence electrons. The highest BCUT2D eigenvalue weighted by Crippen LogP contribution is 2.19. The molecule has 0 atom stereocenters. The molecule has 7 heteroatoms. The Hall–Kier alpha value is -2.57. The van der Waals surface area contributed by atoms with Gasteiger partial charge < -0.3 is 20.3 Å². The third kappa shape index (κ3) is 2.96. The summed E-state index contributed by atoms with van der Waals surface area (Å²) in [6, 6.07) is 3.83. The van der Waals surface area contributed by atoms with Crippen LogP contribution in [0.15, 0.2) is 30.7 Å². The van der Waals surface area contributed by atoms with Crippen LogP contribution in [0.25, 0.3) is 0 Å². The van der Waals surface area contributed by atoms with Crippen molar-refractivity contribution >= 4 is 17.3 Å². The smallest absolute Gasteiger partial charge is 0.233 e. The molecule has 21 heavy (non-hydrogen) atoms. The highest BCUT2D eigenvalue weighted by molar-refractivity contribution is 5.50. The lowest BCUT2D eigenvalue weighted by Gasteiger charge is -2.36. The molecule has 1 saturated heterocycles. The van der Waals surface area contributed by atoms with Gasteiger partial charge in [0.1, 0.15) is 5.82 Å². The number of hydrogen-bond donors (Lipinski definition) is 1. The van der Waals surface area contributed by atoms with E-state index in [9.17, 15) is 0 Å². The maximum absolute atomic E-state index is 5.62. The molecule has 1 aliphatic heterocycles. The topological polar surface area (TPSA) is 80.4 Å². The Labute approximate surface area is 123 Å². The van der Waals surface area contributed by atoms with Crippen molar-refractivity contribution in [3.63, 3.8) is 0 Å². The summed E-state index contributed by atoms with van der Waals surface area (Å²) < 4.78 is 5.12. The van der Waals surface area contributed by atoms with Gasteiger partial charge in [0.25, 0.3) is 0 Å². The number of aromatic nitrogens is 3. The molecule has 0 bridgehead atoms. The van der Waals surface area contributed by atoms with E-state index in [0.29, 0.717) is 11.7 Å². The number of hydrogen-bond acceptors (Lipinski definition) is 7. The average molecular weight is 286 g/mol. The van der Waals surface area contributed by atoms with E-state index in [1.807, 2.05) is 18.3 Å². The van der Waals surface area contributed by atoms with Gasteiger partial charge in [-0.25, -0.2) is 4.98 Å². The van der Waals surface area contributed by atoms with Crippen molar-refractivity contribution in [1.82, 2.24) is 15.0 Å². The first-order chi connectivity index (χ1) is 10.3. The average Bonchev–Trinajstić information content (AvgIpc) is 2.56. The van der Waals surface area contributed by atoms with Gasteiger partial charge in [-0.05, 0) is 12.1 Å². The molecular formula is C14H18N6O. The molecular weight excluding hydrogens is 268 g/mol. The molecule has 1 aliphatic rings. The van der Waals surface area contributed by atoms with Crippen LogP contribution in [-0.2, 0) is 0 Å². The molecule has 1 fully saturated rings. The zero-order valence-electron chi connectivity index (χ0n) is 11.9. The molecule has 2 aromatic rings. The molecule has 0 aliphatic carbocycles. The molecule has 0 saturated carbocycles. The number of piperazine rings is 1. The molecule has 2 N–H and O–H groups in total. The summed E-state index contributed by atoms with van der Waals surface area (Å²) >= 11 is 0. The van der Waals surface area contributed by atoms with E-state index in [-0.39, 0.29) is 0 Å². The Morgan fingerprint density at radius 1 is 1.05 bits per heavy atom. The molecule has 3 heterocycles. The van der Waals surface area contributed by atoms with E-state index in [1.165, 1.54) is 0 Å². The van der Waals surface area contributed by atoms with E-state index in [2.05, 4.69) is 24.8 Å². The summed E-state index contributed by atoms with van der Waals surface area (Å²) in [4.78, 5) is 17.2. The summed E-state index contributed by atoms with van der Waals surface area (Å²) in [5, 5.41) is 0. The Balaban J connectivity index is 1.65. The first-order valence-electron chi connectivity index (χ1n) is 6.84. The largest absolute Gasteiger partial charge is 0.480 e. The molecule has 0 radical (unpaired) electrons. The van der Waals surface area contributed by atoms with Crippen molar-refractivity contribution < 1.29 is 4.74 Å². The monoisotopic (exact) mass is 286 g/mol. The number of nitrogens with zero attached hydrogens (tertiary/aromatic N) is 5. The van der Waals surface area contributed by atoms with E-state index in [1.54, 1.807) is 19.5 Å². The minimum absolute atomic E-state index is 0.540. The number of rotatable bonds is 3. The molecule has 0 unspecified atom stereocenters. The zero-order valence-corrected chi connectivity index (χ0v) is 11.9. The van der Waals surface area contributed by atoms with E-state index >= 15 is 0 Å². The van der Waals surface area contributed by atoms with Gasteiger partial charge in [0.15, 0.2) is 5.82 Å². The van der Waals surface area contributed by atoms with Crippen LogP contribution in [0.3, 0.4) is 0 Å². The van der Waals surface area contributed by atoms with Crippen LogP contribution < -0.4 is 20.3 Å². The van der Waals surface area contributed by atoms with Gasteiger partial charge in [-0.3, -0.25) is 4.98 Å². The lowest BCUT2D eigenvalue weighted by atomic mass is 10.2. The second kappa shape index (κ2) is 5.82. The zero-order chi connectivity index (χ0) is 14.7. The molecule has 0 amide bonds. The lowest BCUT2D eigenvalue weighted by Crippen LogP contribution is -2.46. The van der Waals surface area contributed by atoms with E-state index in [0.717, 1.165) is 37.7 Å². The van der Waals surface area contributed by atoms with Crippen LogP contribution >= 0.6 is 0 Å².